The number of amides is 1. The Hall–Kier alpha value is -1.87. The van der Waals surface area contributed by atoms with Crippen molar-refractivity contribution in [3.8, 4) is 0 Å². The van der Waals surface area contributed by atoms with Crippen LogP contribution in [-0.2, 0) is 0 Å². The highest BCUT2D eigenvalue weighted by Gasteiger charge is 2.33. The molecule has 0 bridgehead atoms. The van der Waals surface area contributed by atoms with E-state index in [1.165, 1.54) is 12.1 Å². The van der Waals surface area contributed by atoms with Crippen molar-refractivity contribution in [1.29, 1.82) is 0 Å². The molecule has 2 aromatic rings. The highest BCUT2D eigenvalue weighted by molar-refractivity contribution is 6.30. The van der Waals surface area contributed by atoms with Gasteiger partial charge in [0, 0.05) is 10.6 Å². The molecule has 3 rings (SSSR count). The lowest BCUT2D eigenvalue weighted by Gasteiger charge is -2.19. The van der Waals surface area contributed by atoms with Crippen LogP contribution in [0, 0.1) is 11.7 Å². The molecule has 1 amide bonds. The number of hydrogen-bond donors (Lipinski definition) is 1. The Labute approximate surface area is 127 Å². The molecular formula is C17H15ClFNO. The van der Waals surface area contributed by atoms with Gasteiger partial charge in [-0.15, -0.1) is 0 Å². The Morgan fingerprint density at radius 2 is 1.90 bits per heavy atom. The van der Waals surface area contributed by atoms with Gasteiger partial charge in [-0.05, 0) is 54.7 Å². The molecule has 0 aromatic heterocycles. The van der Waals surface area contributed by atoms with Crippen molar-refractivity contribution < 1.29 is 9.18 Å². The van der Waals surface area contributed by atoms with Crippen LogP contribution >= 0.6 is 11.6 Å². The zero-order valence-electron chi connectivity index (χ0n) is 11.4. The van der Waals surface area contributed by atoms with Gasteiger partial charge in [0.2, 0.25) is 0 Å². The molecule has 2 nitrogen and oxygen atoms in total. The summed E-state index contributed by atoms with van der Waals surface area (Å²) in [7, 11) is 0. The second-order valence-electron chi connectivity index (χ2n) is 5.35. The van der Waals surface area contributed by atoms with Crippen LogP contribution in [0.3, 0.4) is 0 Å². The average Bonchev–Trinajstić information content (AvgIpc) is 3.30. The van der Waals surface area contributed by atoms with E-state index >= 15 is 0 Å². The third kappa shape index (κ3) is 3.42. The fraction of sp³-hybridized carbons (Fsp3) is 0.235. The van der Waals surface area contributed by atoms with Gasteiger partial charge in [-0.3, -0.25) is 4.79 Å². The molecule has 0 heterocycles. The summed E-state index contributed by atoms with van der Waals surface area (Å²) in [5.74, 6) is -0.206. The maximum Gasteiger partial charge on any atom is 0.251 e. The lowest BCUT2D eigenvalue weighted by Crippen LogP contribution is -2.29. The molecule has 0 radical (unpaired) electrons. The quantitative estimate of drug-likeness (QED) is 0.893. The summed E-state index contributed by atoms with van der Waals surface area (Å²) in [5, 5.41) is 3.68. The van der Waals surface area contributed by atoms with Crippen molar-refractivity contribution in [3.63, 3.8) is 0 Å². The van der Waals surface area contributed by atoms with Crippen molar-refractivity contribution in [2.45, 2.75) is 18.9 Å². The van der Waals surface area contributed by atoms with Gasteiger partial charge < -0.3 is 5.32 Å². The van der Waals surface area contributed by atoms with Crippen LogP contribution in [0.25, 0.3) is 0 Å². The van der Waals surface area contributed by atoms with E-state index in [0.29, 0.717) is 16.5 Å². The second-order valence-corrected chi connectivity index (χ2v) is 5.79. The maximum absolute atomic E-state index is 13.2. The lowest BCUT2D eigenvalue weighted by atomic mass is 10.0. The van der Waals surface area contributed by atoms with E-state index in [2.05, 4.69) is 5.32 Å². The minimum Gasteiger partial charge on any atom is -0.345 e. The number of carbonyl (C=O) groups is 1. The summed E-state index contributed by atoms with van der Waals surface area (Å²) in [6.45, 7) is 0. The molecular weight excluding hydrogens is 289 g/mol. The molecule has 1 fully saturated rings. The topological polar surface area (TPSA) is 29.1 Å². The predicted octanol–water partition coefficient (Wildman–Crippen LogP) is 4.36. The Bertz CT molecular complexity index is 652. The molecule has 0 saturated heterocycles. The molecule has 108 valence electrons. The smallest absolute Gasteiger partial charge is 0.251 e. The Morgan fingerprint density at radius 1 is 1.19 bits per heavy atom. The zero-order chi connectivity index (χ0) is 14.8. The Balaban J connectivity index is 1.79. The average molecular weight is 304 g/mol. The minimum absolute atomic E-state index is 0.0435. The predicted molar refractivity (Wildman–Crippen MR) is 80.8 cm³/mol. The van der Waals surface area contributed by atoms with Crippen LogP contribution in [0.5, 0.6) is 0 Å². The van der Waals surface area contributed by atoms with Crippen molar-refractivity contribution in [3.05, 3.63) is 70.5 Å². The number of hydrogen-bond acceptors (Lipinski definition) is 1. The molecule has 1 N–H and O–H groups in total. The molecule has 1 saturated carbocycles. The van der Waals surface area contributed by atoms with Crippen molar-refractivity contribution >= 4 is 17.5 Å². The van der Waals surface area contributed by atoms with Gasteiger partial charge >= 0.3 is 0 Å². The first-order valence-electron chi connectivity index (χ1n) is 6.95. The van der Waals surface area contributed by atoms with Gasteiger partial charge in [0.15, 0.2) is 0 Å². The lowest BCUT2D eigenvalue weighted by molar-refractivity contribution is 0.0931. The summed E-state index contributed by atoms with van der Waals surface area (Å²) < 4.78 is 13.2. The highest BCUT2D eigenvalue weighted by Crippen LogP contribution is 2.41. The summed E-state index contributed by atoms with van der Waals surface area (Å²) in [6, 6.07) is 13.2. The van der Waals surface area contributed by atoms with Gasteiger partial charge in [0.05, 0.1) is 6.04 Å². The van der Waals surface area contributed by atoms with E-state index in [4.69, 9.17) is 11.6 Å². The summed E-state index contributed by atoms with van der Waals surface area (Å²) in [4.78, 5) is 12.3. The highest BCUT2D eigenvalue weighted by atomic mass is 35.5. The molecule has 0 spiro atoms. The van der Waals surface area contributed by atoms with Crippen LogP contribution < -0.4 is 5.32 Å². The number of nitrogens with one attached hydrogen (secondary N) is 1. The van der Waals surface area contributed by atoms with Crippen molar-refractivity contribution in [2.75, 3.05) is 0 Å². The van der Waals surface area contributed by atoms with E-state index in [-0.39, 0.29) is 11.9 Å². The fourth-order valence-corrected chi connectivity index (χ4v) is 2.55. The molecule has 0 aliphatic heterocycles. The first kappa shape index (κ1) is 14.1. The van der Waals surface area contributed by atoms with Gasteiger partial charge in [-0.1, -0.05) is 29.8 Å². The summed E-state index contributed by atoms with van der Waals surface area (Å²) in [5.41, 5.74) is 1.38. The van der Waals surface area contributed by atoms with Crippen molar-refractivity contribution in [2.24, 2.45) is 5.92 Å². The minimum atomic E-state index is -0.405. The SMILES string of the molecule is O=C(NC(c1ccc(Cl)cc1)C1CC1)c1cccc(F)c1. The molecule has 21 heavy (non-hydrogen) atoms. The first-order valence-corrected chi connectivity index (χ1v) is 7.33. The summed E-state index contributed by atoms with van der Waals surface area (Å²) in [6.07, 6.45) is 2.19. The first-order chi connectivity index (χ1) is 10.1. The second kappa shape index (κ2) is 5.86. The standard InChI is InChI=1S/C17H15ClFNO/c18-14-8-6-12(7-9-14)16(11-4-5-11)20-17(21)13-2-1-3-15(19)10-13/h1-3,6-11,16H,4-5H2,(H,20,21). The number of rotatable bonds is 4. The monoisotopic (exact) mass is 303 g/mol. The van der Waals surface area contributed by atoms with Gasteiger partial charge in [-0.25, -0.2) is 4.39 Å². The van der Waals surface area contributed by atoms with E-state index in [0.717, 1.165) is 18.4 Å². The fourth-order valence-electron chi connectivity index (χ4n) is 2.43. The van der Waals surface area contributed by atoms with E-state index < -0.39 is 5.82 Å². The third-order valence-corrected chi connectivity index (χ3v) is 3.95. The molecule has 1 unspecified atom stereocenters. The van der Waals surface area contributed by atoms with Gasteiger partial charge in [0.1, 0.15) is 5.82 Å². The van der Waals surface area contributed by atoms with Gasteiger partial charge in [0.25, 0.3) is 5.91 Å². The maximum atomic E-state index is 13.2. The Morgan fingerprint density at radius 3 is 2.52 bits per heavy atom. The van der Waals surface area contributed by atoms with Crippen LogP contribution in [0.1, 0.15) is 34.8 Å². The largest absolute Gasteiger partial charge is 0.345 e. The van der Waals surface area contributed by atoms with Crippen LogP contribution in [-0.4, -0.2) is 5.91 Å². The van der Waals surface area contributed by atoms with Crippen molar-refractivity contribution in [1.82, 2.24) is 5.32 Å². The molecule has 1 aliphatic carbocycles. The molecule has 4 heteroatoms. The van der Waals surface area contributed by atoms with E-state index in [1.54, 1.807) is 12.1 Å². The number of carbonyl (C=O) groups excluding carboxylic acids is 1. The van der Waals surface area contributed by atoms with E-state index in [1.807, 2.05) is 24.3 Å². The van der Waals surface area contributed by atoms with Gasteiger partial charge in [-0.2, -0.15) is 0 Å². The Kier molecular flexibility index (Phi) is 3.93. The summed E-state index contributed by atoms with van der Waals surface area (Å²) >= 11 is 5.90. The molecule has 1 aliphatic rings. The van der Waals surface area contributed by atoms with Crippen LogP contribution in [0.15, 0.2) is 48.5 Å². The number of benzene rings is 2. The molecule has 1 atom stereocenters. The van der Waals surface area contributed by atoms with E-state index in [9.17, 15) is 9.18 Å². The normalized spacial score (nSPS) is 15.5. The van der Waals surface area contributed by atoms with Crippen LogP contribution in [0.2, 0.25) is 5.02 Å². The molecule has 2 aromatic carbocycles. The number of halogens is 2. The zero-order valence-corrected chi connectivity index (χ0v) is 12.1. The third-order valence-electron chi connectivity index (χ3n) is 3.70. The van der Waals surface area contributed by atoms with Crippen LogP contribution in [0.4, 0.5) is 4.39 Å².